The van der Waals surface area contributed by atoms with E-state index >= 15 is 0 Å². The van der Waals surface area contributed by atoms with Gasteiger partial charge in [-0.1, -0.05) is 48.5 Å². The van der Waals surface area contributed by atoms with E-state index in [1.165, 1.54) is 7.11 Å². The van der Waals surface area contributed by atoms with Crippen molar-refractivity contribution in [2.75, 3.05) is 13.7 Å². The van der Waals surface area contributed by atoms with Crippen LogP contribution in [0.2, 0.25) is 0 Å². The first-order chi connectivity index (χ1) is 14.1. The van der Waals surface area contributed by atoms with Crippen LogP contribution in [-0.4, -0.2) is 42.3 Å². The Morgan fingerprint density at radius 3 is 2.48 bits per heavy atom. The van der Waals surface area contributed by atoms with Gasteiger partial charge in [-0.3, -0.25) is 9.59 Å². The molecule has 0 radical (unpaired) electrons. The van der Waals surface area contributed by atoms with E-state index in [1.807, 2.05) is 53.4 Å². The van der Waals surface area contributed by atoms with E-state index in [0.717, 1.165) is 17.5 Å². The number of carbonyl (C=O) groups is 3. The predicted octanol–water partition coefficient (Wildman–Crippen LogP) is 3.37. The van der Waals surface area contributed by atoms with E-state index < -0.39 is 0 Å². The van der Waals surface area contributed by atoms with Gasteiger partial charge in [-0.25, -0.2) is 4.79 Å². The first kappa shape index (κ1) is 20.5. The lowest BCUT2D eigenvalue weighted by atomic mass is 10.1. The van der Waals surface area contributed by atoms with Crippen LogP contribution in [0.4, 0.5) is 0 Å². The van der Waals surface area contributed by atoms with Gasteiger partial charge >= 0.3 is 5.97 Å². The number of methoxy groups -OCH3 is 1. The fourth-order valence-corrected chi connectivity index (χ4v) is 3.50. The summed E-state index contributed by atoms with van der Waals surface area (Å²) in [5.74, 6) is -0.216. The lowest BCUT2D eigenvalue weighted by molar-refractivity contribution is -0.128. The Morgan fingerprint density at radius 1 is 1.07 bits per heavy atom. The summed E-state index contributed by atoms with van der Waals surface area (Å²) in [6.07, 6.45) is 5.75. The highest BCUT2D eigenvalue weighted by atomic mass is 16.5. The van der Waals surface area contributed by atoms with Crippen molar-refractivity contribution in [1.29, 1.82) is 0 Å². The van der Waals surface area contributed by atoms with E-state index in [0.29, 0.717) is 31.4 Å². The monoisotopic (exact) mass is 391 g/mol. The number of rotatable bonds is 8. The number of esters is 1. The zero-order valence-corrected chi connectivity index (χ0v) is 16.5. The molecule has 2 aromatic carbocycles. The van der Waals surface area contributed by atoms with Gasteiger partial charge in [-0.15, -0.1) is 0 Å². The lowest BCUT2D eigenvalue weighted by Gasteiger charge is -2.22. The summed E-state index contributed by atoms with van der Waals surface area (Å²) in [4.78, 5) is 37.8. The van der Waals surface area contributed by atoms with Crippen LogP contribution >= 0.6 is 0 Å². The minimum atomic E-state index is -0.364. The highest BCUT2D eigenvalue weighted by Gasteiger charge is 2.28. The zero-order valence-electron chi connectivity index (χ0n) is 16.5. The number of carbonyl (C=O) groups excluding carboxylic acids is 3. The van der Waals surface area contributed by atoms with Crippen LogP contribution in [0.25, 0.3) is 0 Å². The van der Waals surface area contributed by atoms with Gasteiger partial charge in [0.2, 0.25) is 5.91 Å². The van der Waals surface area contributed by atoms with Gasteiger partial charge in [0.05, 0.1) is 18.7 Å². The molecule has 1 amide bonds. The number of hydrogen-bond donors (Lipinski definition) is 0. The van der Waals surface area contributed by atoms with Crippen LogP contribution in [0.15, 0.2) is 66.7 Å². The first-order valence-corrected chi connectivity index (χ1v) is 9.78. The third-order valence-electron chi connectivity index (χ3n) is 5.12. The fraction of sp³-hybridized carbons (Fsp3) is 0.292. The van der Waals surface area contributed by atoms with E-state index in [2.05, 4.69) is 0 Å². The maximum Gasteiger partial charge on any atom is 0.337 e. The molecule has 3 rings (SSSR count). The van der Waals surface area contributed by atoms with Crippen molar-refractivity contribution in [2.45, 2.75) is 31.7 Å². The van der Waals surface area contributed by atoms with E-state index in [4.69, 9.17) is 4.74 Å². The summed E-state index contributed by atoms with van der Waals surface area (Å²) in [5.41, 5.74) is 2.53. The minimum absolute atomic E-state index is 0.0360. The zero-order chi connectivity index (χ0) is 20.6. The molecule has 1 fully saturated rings. The summed E-state index contributed by atoms with van der Waals surface area (Å²) >= 11 is 0. The summed E-state index contributed by atoms with van der Waals surface area (Å²) in [7, 11) is 1.35. The molecule has 0 aromatic heterocycles. The molecule has 1 aliphatic heterocycles. The minimum Gasteiger partial charge on any atom is -0.465 e. The number of amides is 1. The Hall–Kier alpha value is -3.21. The second kappa shape index (κ2) is 9.82. The molecule has 0 bridgehead atoms. The van der Waals surface area contributed by atoms with Crippen molar-refractivity contribution < 1.29 is 19.1 Å². The van der Waals surface area contributed by atoms with Crippen molar-refractivity contribution in [1.82, 2.24) is 4.90 Å². The molecule has 2 aromatic rings. The van der Waals surface area contributed by atoms with Gasteiger partial charge in [-0.2, -0.15) is 0 Å². The molecular weight excluding hydrogens is 366 g/mol. The van der Waals surface area contributed by atoms with Crippen LogP contribution in [0.3, 0.4) is 0 Å². The molecule has 150 valence electrons. The van der Waals surface area contributed by atoms with Crippen LogP contribution < -0.4 is 0 Å². The first-order valence-electron chi connectivity index (χ1n) is 9.78. The van der Waals surface area contributed by atoms with E-state index in [1.54, 1.807) is 18.2 Å². The maximum atomic E-state index is 12.3. The molecule has 1 aliphatic rings. The summed E-state index contributed by atoms with van der Waals surface area (Å²) in [6.45, 7) is 0.582. The number of allylic oxidation sites excluding steroid dienone is 1. The maximum absolute atomic E-state index is 12.3. The van der Waals surface area contributed by atoms with Crippen molar-refractivity contribution in [3.63, 3.8) is 0 Å². The van der Waals surface area contributed by atoms with Crippen LogP contribution in [0.1, 0.15) is 34.3 Å². The Labute approximate surface area is 171 Å². The average molecular weight is 391 g/mol. The van der Waals surface area contributed by atoms with Gasteiger partial charge in [0, 0.05) is 19.4 Å². The van der Waals surface area contributed by atoms with Crippen molar-refractivity contribution in [3.05, 3.63) is 83.4 Å². The molecule has 1 saturated heterocycles. The second-order valence-electron chi connectivity index (χ2n) is 7.12. The fourth-order valence-electron chi connectivity index (χ4n) is 3.50. The molecule has 29 heavy (non-hydrogen) atoms. The standard InChI is InChI=1S/C24H25NO4/c1-29-24(28)20-9-7-18(8-10-20)15-16-25-21(12-14-23(25)27)11-13-22(26)17-19-5-3-2-4-6-19/h2-11,13,21H,12,14-17H2,1H3. The summed E-state index contributed by atoms with van der Waals surface area (Å²) in [6, 6.07) is 16.8. The third kappa shape index (κ3) is 5.64. The Kier molecular flexibility index (Phi) is 6.95. The Bertz CT molecular complexity index is 887. The van der Waals surface area contributed by atoms with Crippen LogP contribution in [0.5, 0.6) is 0 Å². The molecule has 5 nitrogen and oxygen atoms in total. The highest BCUT2D eigenvalue weighted by Crippen LogP contribution is 2.21. The summed E-state index contributed by atoms with van der Waals surface area (Å²) < 4.78 is 4.70. The number of benzene rings is 2. The molecule has 1 unspecified atom stereocenters. The number of ether oxygens (including phenoxy) is 1. The molecule has 1 atom stereocenters. The topological polar surface area (TPSA) is 63.7 Å². The number of ketones is 1. The van der Waals surface area contributed by atoms with Gasteiger partial charge in [0.1, 0.15) is 0 Å². The van der Waals surface area contributed by atoms with Crippen LogP contribution in [-0.2, 0) is 27.2 Å². The smallest absolute Gasteiger partial charge is 0.337 e. The molecule has 0 saturated carbocycles. The third-order valence-corrected chi connectivity index (χ3v) is 5.12. The molecule has 0 aliphatic carbocycles. The number of nitrogens with zero attached hydrogens (tertiary/aromatic N) is 1. The van der Waals surface area contributed by atoms with E-state index in [9.17, 15) is 14.4 Å². The summed E-state index contributed by atoms with van der Waals surface area (Å²) in [5, 5.41) is 0. The molecule has 0 spiro atoms. The molecular formula is C24H25NO4. The largest absolute Gasteiger partial charge is 0.465 e. The Morgan fingerprint density at radius 2 is 1.79 bits per heavy atom. The van der Waals surface area contributed by atoms with Crippen molar-refractivity contribution >= 4 is 17.7 Å². The second-order valence-corrected chi connectivity index (χ2v) is 7.12. The van der Waals surface area contributed by atoms with Gasteiger partial charge in [0.15, 0.2) is 5.78 Å². The van der Waals surface area contributed by atoms with Gasteiger partial charge in [-0.05, 0) is 42.2 Å². The highest BCUT2D eigenvalue weighted by molar-refractivity contribution is 5.91. The van der Waals surface area contributed by atoms with Crippen LogP contribution in [0, 0.1) is 0 Å². The van der Waals surface area contributed by atoms with Crippen molar-refractivity contribution in [3.8, 4) is 0 Å². The SMILES string of the molecule is COC(=O)c1ccc(CCN2C(=O)CCC2C=CC(=O)Cc2ccccc2)cc1. The van der Waals surface area contributed by atoms with Crippen molar-refractivity contribution in [2.24, 2.45) is 0 Å². The number of likely N-dealkylation sites (tertiary alicyclic amines) is 1. The predicted molar refractivity (Wildman–Crippen MR) is 111 cm³/mol. The van der Waals surface area contributed by atoms with Gasteiger partial charge in [0.25, 0.3) is 0 Å². The molecule has 0 N–H and O–H groups in total. The van der Waals surface area contributed by atoms with Gasteiger partial charge < -0.3 is 9.64 Å². The Balaban J connectivity index is 1.56. The van der Waals surface area contributed by atoms with E-state index in [-0.39, 0.29) is 23.7 Å². The molecule has 1 heterocycles. The average Bonchev–Trinajstić information content (AvgIpc) is 3.10. The quantitative estimate of drug-likeness (QED) is 0.511. The molecule has 5 heteroatoms. The lowest BCUT2D eigenvalue weighted by Crippen LogP contribution is -2.33. The normalized spacial score (nSPS) is 16.4. The number of hydrogen-bond acceptors (Lipinski definition) is 4.